The first-order chi connectivity index (χ1) is 10.7. The Morgan fingerprint density at radius 3 is 2.68 bits per heavy atom. The van der Waals surface area contributed by atoms with Gasteiger partial charge in [-0.1, -0.05) is 30.3 Å². The minimum atomic E-state index is -0.287. The molecule has 0 spiro atoms. The molecule has 0 aliphatic heterocycles. The molecule has 2 heterocycles. The van der Waals surface area contributed by atoms with Crippen LogP contribution >= 0.6 is 15.9 Å². The van der Waals surface area contributed by atoms with Crippen LogP contribution in [0, 0.1) is 0 Å². The Balaban J connectivity index is 1.70. The van der Waals surface area contributed by atoms with Gasteiger partial charge in [0, 0.05) is 5.56 Å². The Kier molecular flexibility index (Phi) is 4.29. The molecule has 0 atom stereocenters. The third kappa shape index (κ3) is 3.40. The molecule has 3 rings (SSSR count). The van der Waals surface area contributed by atoms with Crippen molar-refractivity contribution in [3.05, 3.63) is 71.0 Å². The maximum atomic E-state index is 11.9. The van der Waals surface area contributed by atoms with Crippen LogP contribution < -0.4 is 5.32 Å². The minimum Gasteiger partial charge on any atom is -0.444 e. The van der Waals surface area contributed by atoms with Gasteiger partial charge in [0.1, 0.15) is 6.33 Å². The summed E-state index contributed by atoms with van der Waals surface area (Å²) in [6, 6.07) is 14.9. The van der Waals surface area contributed by atoms with Crippen LogP contribution in [0.1, 0.15) is 16.2 Å². The summed E-state index contributed by atoms with van der Waals surface area (Å²) in [6.45, 7) is 0.305. The first kappa shape index (κ1) is 14.5. The van der Waals surface area contributed by atoms with Crippen molar-refractivity contribution in [2.75, 3.05) is 0 Å². The normalized spacial score (nSPS) is 10.4. The molecule has 0 aliphatic carbocycles. The van der Waals surface area contributed by atoms with Gasteiger partial charge in [0.2, 0.25) is 0 Å². The molecule has 1 aromatic carbocycles. The molecule has 6 heteroatoms. The fourth-order valence-electron chi connectivity index (χ4n) is 1.96. The van der Waals surface area contributed by atoms with Gasteiger partial charge in [-0.05, 0) is 34.1 Å². The zero-order chi connectivity index (χ0) is 15.4. The van der Waals surface area contributed by atoms with E-state index in [-0.39, 0.29) is 11.7 Å². The Labute approximate surface area is 135 Å². The minimum absolute atomic E-state index is 0.254. The lowest BCUT2D eigenvalue weighted by Crippen LogP contribution is -2.22. The van der Waals surface area contributed by atoms with Crippen molar-refractivity contribution in [3.63, 3.8) is 0 Å². The fourth-order valence-corrected chi connectivity index (χ4v) is 2.26. The third-order valence-electron chi connectivity index (χ3n) is 3.02. The van der Waals surface area contributed by atoms with Crippen molar-refractivity contribution in [1.82, 2.24) is 15.3 Å². The number of hydrogen-bond acceptors (Lipinski definition) is 4. The predicted molar refractivity (Wildman–Crippen MR) is 85.0 cm³/mol. The zero-order valence-corrected chi connectivity index (χ0v) is 13.1. The van der Waals surface area contributed by atoms with Crippen molar-refractivity contribution < 1.29 is 9.21 Å². The van der Waals surface area contributed by atoms with E-state index in [2.05, 4.69) is 31.2 Å². The molecule has 1 N–H and O–H groups in total. The average molecular weight is 358 g/mol. The first-order valence-electron chi connectivity index (χ1n) is 6.62. The van der Waals surface area contributed by atoms with Gasteiger partial charge in [-0.2, -0.15) is 0 Å². The Morgan fingerprint density at radius 1 is 1.14 bits per heavy atom. The van der Waals surface area contributed by atoms with Gasteiger partial charge in [0.05, 0.1) is 17.9 Å². The van der Waals surface area contributed by atoms with Crippen LogP contribution in [0.3, 0.4) is 0 Å². The van der Waals surface area contributed by atoms with Gasteiger partial charge in [0.25, 0.3) is 5.91 Å². The summed E-state index contributed by atoms with van der Waals surface area (Å²) in [5, 5.41) is 2.76. The molecule has 0 saturated carbocycles. The van der Waals surface area contributed by atoms with E-state index in [4.69, 9.17) is 4.42 Å². The van der Waals surface area contributed by atoms with Crippen molar-refractivity contribution in [1.29, 1.82) is 0 Å². The van der Waals surface area contributed by atoms with Gasteiger partial charge in [-0.15, -0.1) is 0 Å². The maximum Gasteiger partial charge on any atom is 0.287 e. The van der Waals surface area contributed by atoms with E-state index in [9.17, 15) is 4.79 Å². The van der Waals surface area contributed by atoms with Gasteiger partial charge in [-0.25, -0.2) is 9.97 Å². The first-order valence-corrected chi connectivity index (χ1v) is 7.41. The van der Waals surface area contributed by atoms with Crippen molar-refractivity contribution in [2.24, 2.45) is 0 Å². The number of nitrogens with zero attached hydrogens (tertiary/aromatic N) is 2. The van der Waals surface area contributed by atoms with Crippen molar-refractivity contribution in [3.8, 4) is 11.3 Å². The monoisotopic (exact) mass is 357 g/mol. The van der Waals surface area contributed by atoms with Crippen molar-refractivity contribution in [2.45, 2.75) is 6.54 Å². The maximum absolute atomic E-state index is 11.9. The number of benzene rings is 1. The zero-order valence-electron chi connectivity index (χ0n) is 11.5. The summed E-state index contributed by atoms with van der Waals surface area (Å²) in [7, 11) is 0. The summed E-state index contributed by atoms with van der Waals surface area (Å²) >= 11 is 3.16. The number of halogens is 1. The molecule has 0 bridgehead atoms. The van der Waals surface area contributed by atoms with Crippen LogP contribution in [0.2, 0.25) is 0 Å². The SMILES string of the molecule is O=C(NCc1cc(-c2ccccc2)ncn1)c1ccc(Br)o1. The standard InChI is InChI=1S/C16H12BrN3O2/c17-15-7-6-14(22-15)16(21)18-9-12-8-13(20-10-19-12)11-4-2-1-3-5-11/h1-8,10H,9H2,(H,18,21). The third-order valence-corrected chi connectivity index (χ3v) is 3.45. The summed E-state index contributed by atoms with van der Waals surface area (Å²) in [6.07, 6.45) is 1.49. The highest BCUT2D eigenvalue weighted by Gasteiger charge is 2.10. The molecule has 0 unspecified atom stereocenters. The highest BCUT2D eigenvalue weighted by Crippen LogP contribution is 2.16. The second kappa shape index (κ2) is 6.53. The van der Waals surface area contributed by atoms with Crippen LogP contribution in [-0.4, -0.2) is 15.9 Å². The lowest BCUT2D eigenvalue weighted by Gasteiger charge is -2.05. The number of aromatic nitrogens is 2. The second-order valence-electron chi connectivity index (χ2n) is 4.55. The van der Waals surface area contributed by atoms with E-state index < -0.39 is 0 Å². The molecule has 0 saturated heterocycles. The van der Waals surface area contributed by atoms with E-state index in [1.54, 1.807) is 12.1 Å². The molecule has 3 aromatic rings. The number of furan rings is 1. The van der Waals surface area contributed by atoms with E-state index in [1.807, 2.05) is 36.4 Å². The number of carbonyl (C=O) groups excluding carboxylic acids is 1. The number of amides is 1. The lowest BCUT2D eigenvalue weighted by molar-refractivity contribution is 0.0921. The number of hydrogen-bond donors (Lipinski definition) is 1. The highest BCUT2D eigenvalue weighted by molar-refractivity contribution is 9.10. The Hall–Kier alpha value is -2.47. The summed E-state index contributed by atoms with van der Waals surface area (Å²) in [5.41, 5.74) is 2.56. The molecule has 0 aliphatic rings. The molecule has 2 aromatic heterocycles. The molecule has 0 radical (unpaired) electrons. The fraction of sp³-hybridized carbons (Fsp3) is 0.0625. The van der Waals surface area contributed by atoms with E-state index in [0.29, 0.717) is 11.2 Å². The lowest BCUT2D eigenvalue weighted by atomic mass is 10.1. The quantitative estimate of drug-likeness (QED) is 0.776. The number of nitrogens with one attached hydrogen (secondary N) is 1. The average Bonchev–Trinajstić information content (AvgIpc) is 3.00. The van der Waals surface area contributed by atoms with Gasteiger partial charge in [0.15, 0.2) is 10.4 Å². The smallest absolute Gasteiger partial charge is 0.287 e. The summed E-state index contributed by atoms with van der Waals surface area (Å²) < 4.78 is 5.72. The van der Waals surface area contributed by atoms with Crippen molar-refractivity contribution >= 4 is 21.8 Å². The summed E-state index contributed by atoms with van der Waals surface area (Å²) in [4.78, 5) is 20.3. The molecule has 110 valence electrons. The predicted octanol–water partition coefficient (Wildman–Crippen LogP) is 3.43. The highest BCUT2D eigenvalue weighted by atomic mass is 79.9. The second-order valence-corrected chi connectivity index (χ2v) is 5.33. The van der Waals surface area contributed by atoms with Crippen LogP contribution in [0.5, 0.6) is 0 Å². The Bertz CT molecular complexity index is 787. The van der Waals surface area contributed by atoms with Crippen LogP contribution in [0.4, 0.5) is 0 Å². The molecular formula is C16H12BrN3O2. The molecule has 5 nitrogen and oxygen atoms in total. The summed E-state index contributed by atoms with van der Waals surface area (Å²) in [5.74, 6) is -0.0326. The molecule has 1 amide bonds. The number of rotatable bonds is 4. The van der Waals surface area contributed by atoms with E-state index in [1.165, 1.54) is 6.33 Å². The van der Waals surface area contributed by atoms with Gasteiger partial charge >= 0.3 is 0 Å². The Morgan fingerprint density at radius 2 is 1.95 bits per heavy atom. The van der Waals surface area contributed by atoms with Gasteiger partial charge < -0.3 is 9.73 Å². The van der Waals surface area contributed by atoms with E-state index >= 15 is 0 Å². The largest absolute Gasteiger partial charge is 0.444 e. The molecule has 22 heavy (non-hydrogen) atoms. The van der Waals surface area contributed by atoms with Crippen LogP contribution in [-0.2, 0) is 6.54 Å². The molecular weight excluding hydrogens is 346 g/mol. The van der Waals surface area contributed by atoms with Gasteiger partial charge in [-0.3, -0.25) is 4.79 Å². The van der Waals surface area contributed by atoms with Crippen LogP contribution in [0.25, 0.3) is 11.3 Å². The topological polar surface area (TPSA) is 68.0 Å². The molecule has 0 fully saturated rings. The van der Waals surface area contributed by atoms with Crippen LogP contribution in [0.15, 0.2) is 63.9 Å². The number of carbonyl (C=O) groups is 1. The van der Waals surface area contributed by atoms with E-state index in [0.717, 1.165) is 17.0 Å².